The van der Waals surface area contributed by atoms with Gasteiger partial charge in [-0.3, -0.25) is 0 Å². The molecule has 28 heavy (non-hydrogen) atoms. The fraction of sp³-hybridized carbons (Fsp3) is 0.261. The molecule has 0 aliphatic carbocycles. The number of rotatable bonds is 5. The number of nitrogens with zero attached hydrogens (tertiary/aromatic N) is 3. The second-order valence-electron chi connectivity index (χ2n) is 7.13. The maximum absolute atomic E-state index is 9.90. The monoisotopic (exact) mass is 374 g/mol. The summed E-state index contributed by atoms with van der Waals surface area (Å²) in [6, 6.07) is 15.8. The highest BCUT2D eigenvalue weighted by Gasteiger charge is 2.26. The van der Waals surface area contributed by atoms with Gasteiger partial charge in [0.2, 0.25) is 5.88 Å². The first-order valence-corrected chi connectivity index (χ1v) is 9.50. The Morgan fingerprint density at radius 1 is 1.18 bits per heavy atom. The molecule has 1 aliphatic heterocycles. The Labute approximate surface area is 165 Å². The van der Waals surface area contributed by atoms with Gasteiger partial charge in [0, 0.05) is 30.8 Å². The first kappa shape index (κ1) is 18.4. The van der Waals surface area contributed by atoms with Crippen LogP contribution < -0.4 is 9.64 Å². The Bertz CT molecular complexity index is 956. The van der Waals surface area contributed by atoms with E-state index in [0.29, 0.717) is 11.6 Å². The molecule has 2 aromatic heterocycles. The van der Waals surface area contributed by atoms with E-state index < -0.39 is 0 Å². The molecule has 1 radical (unpaired) electrons. The zero-order valence-corrected chi connectivity index (χ0v) is 16.0. The number of anilines is 1. The lowest BCUT2D eigenvalue weighted by Gasteiger charge is -2.21. The average Bonchev–Trinajstić information content (AvgIpc) is 3.18. The maximum atomic E-state index is 9.90. The van der Waals surface area contributed by atoms with Gasteiger partial charge in [-0.1, -0.05) is 30.3 Å². The van der Waals surface area contributed by atoms with Crippen molar-refractivity contribution in [3.63, 3.8) is 0 Å². The van der Waals surface area contributed by atoms with E-state index in [4.69, 9.17) is 9.72 Å². The summed E-state index contributed by atoms with van der Waals surface area (Å²) in [5, 5.41) is 9.90. The number of aromatic nitrogens is 2. The van der Waals surface area contributed by atoms with E-state index in [1.54, 1.807) is 0 Å². The molecule has 0 bridgehead atoms. The van der Waals surface area contributed by atoms with Crippen molar-refractivity contribution in [3.05, 3.63) is 78.5 Å². The van der Waals surface area contributed by atoms with E-state index >= 15 is 0 Å². The normalized spacial score (nSPS) is 16.4. The van der Waals surface area contributed by atoms with Crippen LogP contribution in [0.15, 0.2) is 54.7 Å². The van der Waals surface area contributed by atoms with Gasteiger partial charge in [-0.25, -0.2) is 9.97 Å². The van der Waals surface area contributed by atoms with Gasteiger partial charge in [0.25, 0.3) is 0 Å². The first-order chi connectivity index (χ1) is 13.6. The third-order valence-electron chi connectivity index (χ3n) is 5.05. The number of aliphatic hydroxyl groups excluding tert-OH is 1. The van der Waals surface area contributed by atoms with Crippen LogP contribution in [-0.2, 0) is 6.61 Å². The SMILES string of the molecule is [CH2]c1ccccc1-c1ccc(N2CCC(Oc3ccc(C)cn3)C2)c(CO)n1. The van der Waals surface area contributed by atoms with Crippen LogP contribution in [0.25, 0.3) is 11.3 Å². The highest BCUT2D eigenvalue weighted by atomic mass is 16.5. The van der Waals surface area contributed by atoms with Gasteiger partial charge in [-0.15, -0.1) is 0 Å². The van der Waals surface area contributed by atoms with Crippen LogP contribution in [0.2, 0.25) is 0 Å². The molecule has 4 rings (SSSR count). The molecule has 1 atom stereocenters. The Kier molecular flexibility index (Phi) is 5.26. The lowest BCUT2D eigenvalue weighted by Crippen LogP contribution is -2.26. The summed E-state index contributed by atoms with van der Waals surface area (Å²) in [4.78, 5) is 11.2. The highest BCUT2D eigenvalue weighted by molar-refractivity contribution is 5.67. The van der Waals surface area contributed by atoms with Crippen molar-refractivity contribution in [3.8, 4) is 17.1 Å². The van der Waals surface area contributed by atoms with E-state index in [2.05, 4.69) is 16.8 Å². The zero-order valence-electron chi connectivity index (χ0n) is 16.0. The molecule has 5 heteroatoms. The molecular weight excluding hydrogens is 350 g/mol. The largest absolute Gasteiger partial charge is 0.472 e. The van der Waals surface area contributed by atoms with Gasteiger partial charge in [0.1, 0.15) is 6.10 Å². The minimum absolute atomic E-state index is 0.0713. The third kappa shape index (κ3) is 3.85. The predicted octanol–water partition coefficient (Wildman–Crippen LogP) is 3.78. The minimum atomic E-state index is -0.107. The Balaban J connectivity index is 1.51. The molecule has 1 saturated heterocycles. The smallest absolute Gasteiger partial charge is 0.213 e. The summed E-state index contributed by atoms with van der Waals surface area (Å²) < 4.78 is 6.02. The highest BCUT2D eigenvalue weighted by Crippen LogP contribution is 2.29. The summed E-state index contributed by atoms with van der Waals surface area (Å²) in [6.07, 6.45) is 2.79. The Morgan fingerprint density at radius 3 is 2.79 bits per heavy atom. The number of hydrogen-bond donors (Lipinski definition) is 1. The maximum Gasteiger partial charge on any atom is 0.213 e. The molecule has 3 aromatic rings. The molecule has 1 unspecified atom stereocenters. The summed E-state index contributed by atoms with van der Waals surface area (Å²) >= 11 is 0. The molecule has 1 fully saturated rings. The molecule has 3 heterocycles. The fourth-order valence-corrected chi connectivity index (χ4v) is 3.56. The first-order valence-electron chi connectivity index (χ1n) is 9.50. The number of benzene rings is 1. The van der Waals surface area contributed by atoms with Crippen molar-refractivity contribution in [1.82, 2.24) is 9.97 Å². The van der Waals surface area contributed by atoms with Gasteiger partial charge in [0.05, 0.1) is 30.2 Å². The summed E-state index contributed by atoms with van der Waals surface area (Å²) in [5.41, 5.74) is 5.48. The van der Waals surface area contributed by atoms with Gasteiger partial charge in [0.15, 0.2) is 0 Å². The molecule has 1 aliphatic rings. The molecule has 0 amide bonds. The predicted molar refractivity (Wildman–Crippen MR) is 110 cm³/mol. The van der Waals surface area contributed by atoms with Gasteiger partial charge >= 0.3 is 0 Å². The van der Waals surface area contributed by atoms with Crippen molar-refractivity contribution < 1.29 is 9.84 Å². The van der Waals surface area contributed by atoms with Crippen LogP contribution in [0.4, 0.5) is 5.69 Å². The van der Waals surface area contributed by atoms with Crippen molar-refractivity contribution in [2.24, 2.45) is 0 Å². The molecule has 5 nitrogen and oxygen atoms in total. The van der Waals surface area contributed by atoms with E-state index in [9.17, 15) is 5.11 Å². The minimum Gasteiger partial charge on any atom is -0.472 e. The van der Waals surface area contributed by atoms with Gasteiger partial charge in [-0.2, -0.15) is 0 Å². The van der Waals surface area contributed by atoms with Gasteiger partial charge < -0.3 is 14.7 Å². The second kappa shape index (κ2) is 7.98. The Morgan fingerprint density at radius 2 is 2.04 bits per heavy atom. The van der Waals surface area contributed by atoms with E-state index in [1.807, 2.05) is 61.7 Å². The summed E-state index contributed by atoms with van der Waals surface area (Å²) in [7, 11) is 0. The Hall–Kier alpha value is -2.92. The van der Waals surface area contributed by atoms with Crippen molar-refractivity contribution in [2.45, 2.75) is 26.1 Å². The third-order valence-corrected chi connectivity index (χ3v) is 5.05. The fourth-order valence-electron chi connectivity index (χ4n) is 3.56. The zero-order chi connectivity index (χ0) is 19.5. The molecule has 1 N–H and O–H groups in total. The molecule has 0 saturated carbocycles. The van der Waals surface area contributed by atoms with E-state index in [1.165, 1.54) is 0 Å². The summed E-state index contributed by atoms with van der Waals surface area (Å²) in [5.74, 6) is 0.653. The van der Waals surface area contributed by atoms with Gasteiger partial charge in [-0.05, 0) is 37.1 Å². The topological polar surface area (TPSA) is 58.5 Å². The number of aliphatic hydroxyl groups is 1. The summed E-state index contributed by atoms with van der Waals surface area (Å²) in [6.45, 7) is 7.58. The lowest BCUT2D eigenvalue weighted by atomic mass is 10.0. The molecular formula is C23H24N3O2. The van der Waals surface area contributed by atoms with Crippen molar-refractivity contribution in [2.75, 3.05) is 18.0 Å². The number of hydrogen-bond acceptors (Lipinski definition) is 5. The van der Waals surface area contributed by atoms with Crippen molar-refractivity contribution >= 4 is 5.69 Å². The van der Waals surface area contributed by atoms with Crippen LogP contribution in [0, 0.1) is 13.8 Å². The van der Waals surface area contributed by atoms with Crippen LogP contribution in [0.5, 0.6) is 5.88 Å². The van der Waals surface area contributed by atoms with E-state index in [-0.39, 0.29) is 12.7 Å². The standard InChI is InChI=1S/C23H24N3O2/c1-16-7-10-23(24-13-16)28-18-11-12-26(14-18)22-9-8-20(25-21(22)15-27)19-6-4-3-5-17(19)2/h3-10,13,18,27H,2,11-12,14-15H2,1H3. The molecule has 0 spiro atoms. The number of pyridine rings is 2. The lowest BCUT2D eigenvalue weighted by molar-refractivity contribution is 0.215. The number of aryl methyl sites for hydroxylation is 1. The van der Waals surface area contributed by atoms with Crippen molar-refractivity contribution in [1.29, 1.82) is 0 Å². The van der Waals surface area contributed by atoms with E-state index in [0.717, 1.165) is 47.6 Å². The number of ether oxygens (including phenoxy) is 1. The van der Waals surface area contributed by atoms with Crippen LogP contribution in [0.3, 0.4) is 0 Å². The van der Waals surface area contributed by atoms with Crippen LogP contribution >= 0.6 is 0 Å². The average molecular weight is 374 g/mol. The van der Waals surface area contributed by atoms with Crippen LogP contribution in [-0.4, -0.2) is 34.3 Å². The quantitative estimate of drug-likeness (QED) is 0.736. The van der Waals surface area contributed by atoms with Crippen LogP contribution in [0.1, 0.15) is 23.2 Å². The molecule has 143 valence electrons. The second-order valence-corrected chi connectivity index (χ2v) is 7.13. The molecule has 1 aromatic carbocycles.